The van der Waals surface area contributed by atoms with Crippen molar-refractivity contribution >= 4 is 29.9 Å². The molecule has 0 saturated heterocycles. The van der Waals surface area contributed by atoms with Crippen LogP contribution < -0.4 is 10.6 Å². The van der Waals surface area contributed by atoms with Gasteiger partial charge in [-0.25, -0.2) is 0 Å². The summed E-state index contributed by atoms with van der Waals surface area (Å²) >= 11 is 0. The zero-order valence-corrected chi connectivity index (χ0v) is 22.6. The van der Waals surface area contributed by atoms with E-state index in [9.17, 15) is 0 Å². The van der Waals surface area contributed by atoms with Crippen molar-refractivity contribution < 1.29 is 0 Å². The summed E-state index contributed by atoms with van der Waals surface area (Å²) in [5, 5.41) is 15.4. The highest BCUT2D eigenvalue weighted by Gasteiger charge is 2.14. The molecule has 2 N–H and O–H groups in total. The Balaban J connectivity index is 0.00000480. The monoisotopic (exact) mass is 547 g/mol. The maximum Gasteiger partial charge on any atom is 0.191 e. The van der Waals surface area contributed by atoms with Gasteiger partial charge in [-0.1, -0.05) is 40.0 Å². The van der Waals surface area contributed by atoms with E-state index in [-0.39, 0.29) is 24.0 Å². The molecular formula is C23H46IN7. The van der Waals surface area contributed by atoms with Crippen molar-refractivity contribution in [1.82, 2.24) is 30.3 Å². The van der Waals surface area contributed by atoms with Crippen LogP contribution in [0.15, 0.2) is 11.3 Å². The highest BCUT2D eigenvalue weighted by atomic mass is 127. The molecule has 1 fully saturated rings. The topological polar surface area (TPSA) is 70.4 Å². The third-order valence-corrected chi connectivity index (χ3v) is 6.28. The number of hydrogen-bond donors (Lipinski definition) is 2. The first kappa shape index (κ1) is 28.1. The lowest BCUT2D eigenvalue weighted by atomic mass is 9.89. The summed E-state index contributed by atoms with van der Waals surface area (Å²) in [6.07, 6.45) is 11.9. The van der Waals surface area contributed by atoms with Gasteiger partial charge in [0.2, 0.25) is 0 Å². The highest BCUT2D eigenvalue weighted by molar-refractivity contribution is 14.0. The van der Waals surface area contributed by atoms with Crippen LogP contribution in [0.25, 0.3) is 0 Å². The molecule has 0 aliphatic heterocycles. The molecule has 0 radical (unpaired) electrons. The largest absolute Gasteiger partial charge is 0.355 e. The van der Waals surface area contributed by atoms with E-state index in [1.807, 2.05) is 6.33 Å². The molecular weight excluding hydrogens is 501 g/mol. The predicted molar refractivity (Wildman–Crippen MR) is 141 cm³/mol. The zero-order valence-electron chi connectivity index (χ0n) is 20.3. The summed E-state index contributed by atoms with van der Waals surface area (Å²) in [7, 11) is 0. The molecule has 1 saturated carbocycles. The molecule has 2 rings (SSSR count). The number of nitrogens with one attached hydrogen (secondary N) is 2. The van der Waals surface area contributed by atoms with Crippen LogP contribution in [-0.2, 0) is 13.0 Å². The van der Waals surface area contributed by atoms with Crippen molar-refractivity contribution in [3.8, 4) is 0 Å². The molecule has 31 heavy (non-hydrogen) atoms. The summed E-state index contributed by atoms with van der Waals surface area (Å²) in [6, 6.07) is 0.416. The van der Waals surface area contributed by atoms with Gasteiger partial charge in [0.15, 0.2) is 5.96 Å². The van der Waals surface area contributed by atoms with Gasteiger partial charge < -0.3 is 20.1 Å². The van der Waals surface area contributed by atoms with E-state index in [1.165, 1.54) is 45.1 Å². The minimum absolute atomic E-state index is 0. The van der Waals surface area contributed by atoms with E-state index < -0.39 is 0 Å². The van der Waals surface area contributed by atoms with E-state index >= 15 is 0 Å². The zero-order chi connectivity index (χ0) is 21.6. The van der Waals surface area contributed by atoms with Crippen LogP contribution >= 0.6 is 24.0 Å². The van der Waals surface area contributed by atoms with Crippen LogP contribution in [0.5, 0.6) is 0 Å². The van der Waals surface area contributed by atoms with Crippen LogP contribution in [-0.4, -0.2) is 64.4 Å². The molecule has 1 aliphatic carbocycles. The van der Waals surface area contributed by atoms with E-state index in [2.05, 4.69) is 58.0 Å². The molecule has 0 bridgehead atoms. The van der Waals surface area contributed by atoms with Crippen molar-refractivity contribution in [1.29, 1.82) is 0 Å². The average Bonchev–Trinajstić information content (AvgIpc) is 3.23. The van der Waals surface area contributed by atoms with Crippen molar-refractivity contribution in [3.63, 3.8) is 0 Å². The number of guanidine groups is 1. The third-order valence-electron chi connectivity index (χ3n) is 6.28. The Morgan fingerprint density at radius 3 is 2.65 bits per heavy atom. The first-order valence-electron chi connectivity index (χ1n) is 12.3. The number of aromatic nitrogens is 3. The molecule has 7 nitrogen and oxygen atoms in total. The maximum absolute atomic E-state index is 4.97. The fourth-order valence-corrected chi connectivity index (χ4v) is 4.24. The van der Waals surface area contributed by atoms with Crippen molar-refractivity contribution in [2.75, 3.05) is 32.7 Å². The van der Waals surface area contributed by atoms with Gasteiger partial charge in [0.05, 0.1) is 0 Å². The molecule has 0 spiro atoms. The van der Waals surface area contributed by atoms with E-state index in [0.717, 1.165) is 63.3 Å². The molecule has 0 amide bonds. The second kappa shape index (κ2) is 16.7. The summed E-state index contributed by atoms with van der Waals surface area (Å²) in [5.41, 5.74) is 0. The Morgan fingerprint density at radius 2 is 1.97 bits per heavy atom. The second-order valence-corrected chi connectivity index (χ2v) is 8.63. The van der Waals surface area contributed by atoms with Crippen molar-refractivity contribution in [2.24, 2.45) is 10.9 Å². The Hall–Kier alpha value is -0.900. The second-order valence-electron chi connectivity index (χ2n) is 8.63. The summed E-state index contributed by atoms with van der Waals surface area (Å²) in [6.45, 7) is 14.9. The van der Waals surface area contributed by atoms with Crippen molar-refractivity contribution in [2.45, 2.75) is 91.6 Å². The number of nitrogens with zero attached hydrogens (tertiary/aromatic N) is 5. The lowest BCUT2D eigenvalue weighted by molar-refractivity contribution is 0.292. The minimum Gasteiger partial charge on any atom is -0.355 e. The SMILES string of the molecule is CCc1nncn1CCNC(=NCC1CCCCC1)NC(C)CCCN(CC)CC.I. The van der Waals surface area contributed by atoms with Crippen LogP contribution in [0.3, 0.4) is 0 Å². The van der Waals surface area contributed by atoms with Crippen LogP contribution in [0.4, 0.5) is 0 Å². The number of rotatable bonds is 13. The average molecular weight is 548 g/mol. The summed E-state index contributed by atoms with van der Waals surface area (Å²) in [5.74, 6) is 2.75. The lowest BCUT2D eigenvalue weighted by Gasteiger charge is -2.23. The molecule has 1 unspecified atom stereocenters. The minimum atomic E-state index is 0. The molecule has 1 aromatic rings. The molecule has 1 atom stereocenters. The lowest BCUT2D eigenvalue weighted by Crippen LogP contribution is -2.44. The van der Waals surface area contributed by atoms with Crippen LogP contribution in [0.1, 0.15) is 78.5 Å². The van der Waals surface area contributed by atoms with Crippen LogP contribution in [0.2, 0.25) is 0 Å². The standard InChI is InChI=1S/C23H45N7.HI/c1-5-22-28-26-19-30(22)17-15-24-23(25-18-21-13-9-8-10-14-21)27-20(4)12-11-16-29(6-2)7-3;/h19-21H,5-18H2,1-4H3,(H2,24,25,27);1H. The molecule has 1 aromatic heterocycles. The molecule has 1 aliphatic rings. The first-order valence-corrected chi connectivity index (χ1v) is 12.3. The molecule has 8 heteroatoms. The van der Waals surface area contributed by atoms with E-state index in [0.29, 0.717) is 6.04 Å². The van der Waals surface area contributed by atoms with Gasteiger partial charge in [-0.15, -0.1) is 34.2 Å². The fraction of sp³-hybridized carbons (Fsp3) is 0.870. The first-order chi connectivity index (χ1) is 14.7. The van der Waals surface area contributed by atoms with Gasteiger partial charge in [0.1, 0.15) is 12.2 Å². The Morgan fingerprint density at radius 1 is 1.23 bits per heavy atom. The number of halogens is 1. The van der Waals surface area contributed by atoms with Gasteiger partial charge in [0, 0.05) is 32.1 Å². The van der Waals surface area contributed by atoms with Gasteiger partial charge >= 0.3 is 0 Å². The third kappa shape index (κ3) is 11.0. The fourth-order valence-electron chi connectivity index (χ4n) is 4.24. The maximum atomic E-state index is 4.97. The smallest absolute Gasteiger partial charge is 0.191 e. The van der Waals surface area contributed by atoms with E-state index in [4.69, 9.17) is 4.99 Å². The Labute approximate surface area is 207 Å². The van der Waals surface area contributed by atoms with Gasteiger partial charge in [-0.05, 0) is 58.2 Å². The van der Waals surface area contributed by atoms with E-state index in [1.54, 1.807) is 0 Å². The Kier molecular flexibility index (Phi) is 15.2. The van der Waals surface area contributed by atoms with Gasteiger partial charge in [-0.3, -0.25) is 4.99 Å². The molecule has 1 heterocycles. The molecule has 180 valence electrons. The Bertz CT molecular complexity index is 595. The van der Waals surface area contributed by atoms with Gasteiger partial charge in [0.25, 0.3) is 0 Å². The van der Waals surface area contributed by atoms with Gasteiger partial charge in [-0.2, -0.15) is 0 Å². The number of hydrogen-bond acceptors (Lipinski definition) is 4. The number of aliphatic imine (C=N–C) groups is 1. The summed E-state index contributed by atoms with van der Waals surface area (Å²) in [4.78, 5) is 7.46. The summed E-state index contributed by atoms with van der Waals surface area (Å²) < 4.78 is 2.12. The normalized spacial score (nSPS) is 16.2. The molecule has 0 aromatic carbocycles. The quantitative estimate of drug-likeness (QED) is 0.221. The van der Waals surface area contributed by atoms with Crippen molar-refractivity contribution in [3.05, 3.63) is 12.2 Å². The predicted octanol–water partition coefficient (Wildman–Crippen LogP) is 4.08. The highest BCUT2D eigenvalue weighted by Crippen LogP contribution is 2.23. The number of aryl methyl sites for hydroxylation is 1. The van der Waals surface area contributed by atoms with Crippen LogP contribution in [0, 0.1) is 5.92 Å².